The van der Waals surface area contributed by atoms with E-state index in [0.29, 0.717) is 5.92 Å². The van der Waals surface area contributed by atoms with E-state index in [0.717, 1.165) is 25.5 Å². The Labute approximate surface area is 61.6 Å². The van der Waals surface area contributed by atoms with Crippen LogP contribution < -0.4 is 0 Å². The highest BCUT2D eigenvalue weighted by Gasteiger charge is 2.40. The van der Waals surface area contributed by atoms with Crippen LogP contribution in [0.5, 0.6) is 0 Å². The van der Waals surface area contributed by atoms with Crippen molar-refractivity contribution < 1.29 is 9.53 Å². The van der Waals surface area contributed by atoms with Crippen LogP contribution in [0.15, 0.2) is 0 Å². The van der Waals surface area contributed by atoms with Crippen LogP contribution in [0.3, 0.4) is 0 Å². The van der Waals surface area contributed by atoms with Gasteiger partial charge in [0.05, 0.1) is 0 Å². The SMILES string of the molecule is COC1(C=O)CCCC1C. The Bertz CT molecular complexity index is 133. The quantitative estimate of drug-likeness (QED) is 0.544. The third kappa shape index (κ3) is 0.966. The van der Waals surface area contributed by atoms with E-state index < -0.39 is 5.60 Å². The van der Waals surface area contributed by atoms with Crippen molar-refractivity contribution in [3.8, 4) is 0 Å². The molecule has 1 rings (SSSR count). The maximum Gasteiger partial charge on any atom is 0.152 e. The Balaban J connectivity index is 2.70. The summed E-state index contributed by atoms with van der Waals surface area (Å²) in [4.78, 5) is 10.6. The van der Waals surface area contributed by atoms with Crippen LogP contribution in [0, 0.1) is 5.92 Å². The maximum absolute atomic E-state index is 10.6. The first-order valence-electron chi connectivity index (χ1n) is 3.76. The molecule has 0 amide bonds. The molecular weight excluding hydrogens is 128 g/mol. The van der Waals surface area contributed by atoms with Crippen molar-refractivity contribution in [1.82, 2.24) is 0 Å². The van der Waals surface area contributed by atoms with Crippen molar-refractivity contribution in [3.63, 3.8) is 0 Å². The molecular formula is C8H14O2. The molecule has 0 aromatic heterocycles. The van der Waals surface area contributed by atoms with Crippen molar-refractivity contribution >= 4 is 6.29 Å². The van der Waals surface area contributed by atoms with E-state index in [1.54, 1.807) is 7.11 Å². The molecule has 1 saturated carbocycles. The van der Waals surface area contributed by atoms with Gasteiger partial charge in [0.2, 0.25) is 0 Å². The van der Waals surface area contributed by atoms with Crippen LogP contribution in [0.25, 0.3) is 0 Å². The van der Waals surface area contributed by atoms with Crippen molar-refractivity contribution in [2.45, 2.75) is 31.8 Å². The van der Waals surface area contributed by atoms with Crippen molar-refractivity contribution in [2.24, 2.45) is 5.92 Å². The van der Waals surface area contributed by atoms with Crippen molar-refractivity contribution in [1.29, 1.82) is 0 Å². The van der Waals surface area contributed by atoms with Gasteiger partial charge in [-0.25, -0.2) is 0 Å². The Kier molecular flexibility index (Phi) is 2.09. The Hall–Kier alpha value is -0.370. The molecule has 0 aromatic rings. The van der Waals surface area contributed by atoms with Gasteiger partial charge in [-0.1, -0.05) is 6.92 Å². The molecule has 1 aliphatic rings. The topological polar surface area (TPSA) is 26.3 Å². The molecule has 2 nitrogen and oxygen atoms in total. The number of rotatable bonds is 2. The van der Waals surface area contributed by atoms with Crippen molar-refractivity contribution in [3.05, 3.63) is 0 Å². The molecule has 1 aliphatic carbocycles. The molecule has 10 heavy (non-hydrogen) atoms. The maximum atomic E-state index is 10.6. The molecule has 0 radical (unpaired) electrons. The Morgan fingerprint density at radius 1 is 1.70 bits per heavy atom. The number of methoxy groups -OCH3 is 1. The highest BCUT2D eigenvalue weighted by molar-refractivity contribution is 5.63. The zero-order chi connectivity index (χ0) is 7.61. The first kappa shape index (κ1) is 7.73. The minimum atomic E-state index is -0.444. The van der Waals surface area contributed by atoms with Gasteiger partial charge in [-0.05, 0) is 25.2 Å². The summed E-state index contributed by atoms with van der Waals surface area (Å²) in [6, 6.07) is 0. The smallest absolute Gasteiger partial charge is 0.152 e. The lowest BCUT2D eigenvalue weighted by molar-refractivity contribution is -0.131. The van der Waals surface area contributed by atoms with E-state index in [4.69, 9.17) is 4.74 Å². The van der Waals surface area contributed by atoms with E-state index in [-0.39, 0.29) is 0 Å². The lowest BCUT2D eigenvalue weighted by Gasteiger charge is -2.25. The van der Waals surface area contributed by atoms with Crippen LogP contribution in [-0.4, -0.2) is 19.0 Å². The molecule has 0 heterocycles. The summed E-state index contributed by atoms with van der Waals surface area (Å²) in [5.74, 6) is 0.398. The zero-order valence-electron chi connectivity index (χ0n) is 6.59. The van der Waals surface area contributed by atoms with Crippen molar-refractivity contribution in [2.75, 3.05) is 7.11 Å². The molecule has 2 heteroatoms. The summed E-state index contributed by atoms with van der Waals surface area (Å²) in [6.07, 6.45) is 4.10. The molecule has 0 bridgehead atoms. The molecule has 0 saturated heterocycles. The molecule has 1 fully saturated rings. The predicted octanol–water partition coefficient (Wildman–Crippen LogP) is 1.39. The van der Waals surface area contributed by atoms with E-state index in [9.17, 15) is 4.79 Å². The molecule has 58 valence electrons. The normalized spacial score (nSPS) is 40.0. The van der Waals surface area contributed by atoms with Gasteiger partial charge >= 0.3 is 0 Å². The number of aldehydes is 1. The molecule has 0 N–H and O–H groups in total. The fourth-order valence-electron chi connectivity index (χ4n) is 1.70. The standard InChI is InChI=1S/C8H14O2/c1-7-4-3-5-8(7,6-9)10-2/h6-7H,3-5H2,1-2H3. The molecule has 2 atom stereocenters. The molecule has 0 spiro atoms. The van der Waals surface area contributed by atoms with Gasteiger partial charge in [-0.2, -0.15) is 0 Å². The minimum absolute atomic E-state index is 0.398. The lowest BCUT2D eigenvalue weighted by atomic mass is 9.94. The molecule has 0 aromatic carbocycles. The number of ether oxygens (including phenoxy) is 1. The van der Waals surface area contributed by atoms with Gasteiger partial charge in [-0.15, -0.1) is 0 Å². The van der Waals surface area contributed by atoms with E-state index in [1.807, 2.05) is 0 Å². The summed E-state index contributed by atoms with van der Waals surface area (Å²) < 4.78 is 5.19. The summed E-state index contributed by atoms with van der Waals surface area (Å²) in [6.45, 7) is 2.07. The summed E-state index contributed by atoms with van der Waals surface area (Å²) >= 11 is 0. The second-order valence-corrected chi connectivity index (χ2v) is 3.07. The van der Waals surface area contributed by atoms with Crippen LogP contribution >= 0.6 is 0 Å². The first-order valence-corrected chi connectivity index (χ1v) is 3.76. The molecule has 0 aliphatic heterocycles. The van der Waals surface area contributed by atoms with E-state index >= 15 is 0 Å². The van der Waals surface area contributed by atoms with E-state index in [1.165, 1.54) is 0 Å². The number of carbonyl (C=O) groups excluding carboxylic acids is 1. The van der Waals surface area contributed by atoms with Crippen LogP contribution in [0.4, 0.5) is 0 Å². The summed E-state index contributed by atoms with van der Waals surface area (Å²) in [5.41, 5.74) is -0.444. The minimum Gasteiger partial charge on any atom is -0.370 e. The molecule has 2 unspecified atom stereocenters. The number of hydrogen-bond acceptors (Lipinski definition) is 2. The second kappa shape index (κ2) is 2.70. The number of carbonyl (C=O) groups is 1. The fraction of sp³-hybridized carbons (Fsp3) is 0.875. The van der Waals surface area contributed by atoms with Gasteiger partial charge in [0, 0.05) is 7.11 Å². The summed E-state index contributed by atoms with van der Waals surface area (Å²) in [5, 5.41) is 0. The predicted molar refractivity (Wildman–Crippen MR) is 38.8 cm³/mol. The Morgan fingerprint density at radius 2 is 2.40 bits per heavy atom. The fourth-order valence-corrected chi connectivity index (χ4v) is 1.70. The summed E-state index contributed by atoms with van der Waals surface area (Å²) in [7, 11) is 1.62. The average molecular weight is 142 g/mol. The zero-order valence-corrected chi connectivity index (χ0v) is 6.59. The van der Waals surface area contributed by atoms with Crippen LogP contribution in [0.2, 0.25) is 0 Å². The van der Waals surface area contributed by atoms with Gasteiger partial charge in [-0.3, -0.25) is 0 Å². The second-order valence-electron chi connectivity index (χ2n) is 3.07. The van der Waals surface area contributed by atoms with Gasteiger partial charge in [0.25, 0.3) is 0 Å². The highest BCUT2D eigenvalue weighted by atomic mass is 16.5. The van der Waals surface area contributed by atoms with Gasteiger partial charge < -0.3 is 9.53 Å². The Morgan fingerprint density at radius 3 is 2.60 bits per heavy atom. The van der Waals surface area contributed by atoms with E-state index in [2.05, 4.69) is 6.92 Å². The highest BCUT2D eigenvalue weighted by Crippen LogP contribution is 2.36. The van der Waals surface area contributed by atoms with Crippen LogP contribution in [-0.2, 0) is 9.53 Å². The number of hydrogen-bond donors (Lipinski definition) is 0. The lowest BCUT2D eigenvalue weighted by Crippen LogP contribution is -2.35. The van der Waals surface area contributed by atoms with Gasteiger partial charge in [0.1, 0.15) is 5.60 Å². The first-order chi connectivity index (χ1) is 4.75. The third-order valence-corrected chi connectivity index (χ3v) is 2.62. The van der Waals surface area contributed by atoms with Crippen LogP contribution in [0.1, 0.15) is 26.2 Å². The monoisotopic (exact) mass is 142 g/mol. The third-order valence-electron chi connectivity index (χ3n) is 2.62. The van der Waals surface area contributed by atoms with Gasteiger partial charge in [0.15, 0.2) is 6.29 Å². The average Bonchev–Trinajstić information content (AvgIpc) is 2.32. The largest absolute Gasteiger partial charge is 0.370 e.